The number of nitrogens with one attached hydrogen (secondary N) is 2. The van der Waals surface area contributed by atoms with Gasteiger partial charge in [-0.2, -0.15) is 13.5 Å². The van der Waals surface area contributed by atoms with E-state index >= 15 is 0 Å². The van der Waals surface area contributed by atoms with Gasteiger partial charge in [0.2, 0.25) is 5.91 Å². The van der Waals surface area contributed by atoms with Gasteiger partial charge in [0, 0.05) is 17.1 Å². The number of carbonyl (C=O) groups is 1. The van der Waals surface area contributed by atoms with Gasteiger partial charge in [0.15, 0.2) is 0 Å². The van der Waals surface area contributed by atoms with E-state index in [4.69, 9.17) is 27.4 Å². The number of carbonyl (C=O) groups excluding carboxylic acids is 1. The molecule has 158 valence electrons. The average molecular weight is 476 g/mol. The number of hydrogen-bond acceptors (Lipinski definition) is 5. The Hall–Kier alpha value is -3.07. The molecule has 0 fully saturated rings. The number of anilines is 1. The van der Waals surface area contributed by atoms with E-state index < -0.39 is 10.1 Å². The molecule has 0 radical (unpaired) electrons. The Balaban J connectivity index is 1.58. The zero-order chi connectivity index (χ0) is 22.0. The first-order chi connectivity index (χ1) is 14.8. The second kappa shape index (κ2) is 8.58. The summed E-state index contributed by atoms with van der Waals surface area (Å²) in [4.78, 5) is 12.3. The Morgan fingerprint density at radius 2 is 1.77 bits per heavy atom. The van der Waals surface area contributed by atoms with Crippen LogP contribution in [0.3, 0.4) is 0 Å². The zero-order valence-corrected chi connectivity index (χ0v) is 18.1. The van der Waals surface area contributed by atoms with Crippen molar-refractivity contribution in [2.24, 2.45) is 0 Å². The van der Waals surface area contributed by atoms with Crippen LogP contribution in [0.15, 0.2) is 71.6 Å². The van der Waals surface area contributed by atoms with E-state index in [1.165, 1.54) is 36.4 Å². The molecular formula is C21H15Cl2N3O4S. The van der Waals surface area contributed by atoms with E-state index in [0.717, 1.165) is 0 Å². The Kier molecular flexibility index (Phi) is 5.86. The van der Waals surface area contributed by atoms with Gasteiger partial charge in [0.1, 0.15) is 10.6 Å². The van der Waals surface area contributed by atoms with Crippen molar-refractivity contribution in [3.63, 3.8) is 0 Å². The normalized spacial score (nSPS) is 11.4. The Bertz CT molecular complexity index is 1370. The third kappa shape index (κ3) is 4.82. The monoisotopic (exact) mass is 475 g/mol. The number of nitrogens with zero attached hydrogens (tertiary/aromatic N) is 1. The summed E-state index contributed by atoms with van der Waals surface area (Å²) in [5.41, 5.74) is 1.67. The molecule has 7 nitrogen and oxygen atoms in total. The summed E-state index contributed by atoms with van der Waals surface area (Å²) in [5, 5.41) is 10.7. The lowest BCUT2D eigenvalue weighted by molar-refractivity contribution is -0.115. The van der Waals surface area contributed by atoms with Gasteiger partial charge in [-0.3, -0.25) is 9.89 Å². The molecule has 31 heavy (non-hydrogen) atoms. The van der Waals surface area contributed by atoms with Crippen molar-refractivity contribution in [2.45, 2.75) is 11.3 Å². The lowest BCUT2D eigenvalue weighted by Crippen LogP contribution is -2.14. The van der Waals surface area contributed by atoms with Crippen LogP contribution in [0.25, 0.3) is 10.9 Å². The highest BCUT2D eigenvalue weighted by Crippen LogP contribution is 2.29. The van der Waals surface area contributed by atoms with Crippen LogP contribution in [-0.2, 0) is 21.3 Å². The first-order valence-electron chi connectivity index (χ1n) is 9.03. The van der Waals surface area contributed by atoms with Crippen molar-refractivity contribution in [1.82, 2.24) is 10.2 Å². The van der Waals surface area contributed by atoms with Crippen LogP contribution in [0.4, 0.5) is 5.69 Å². The molecule has 2 N–H and O–H groups in total. The Labute approximate surface area is 188 Å². The van der Waals surface area contributed by atoms with Crippen LogP contribution in [0, 0.1) is 0 Å². The highest BCUT2D eigenvalue weighted by Gasteiger charge is 2.20. The smallest absolute Gasteiger partial charge is 0.339 e. The molecule has 0 aliphatic carbocycles. The predicted octanol–water partition coefficient (Wildman–Crippen LogP) is 4.82. The van der Waals surface area contributed by atoms with E-state index in [-0.39, 0.29) is 33.0 Å². The molecule has 0 spiro atoms. The molecule has 0 saturated heterocycles. The fraction of sp³-hybridized carbons (Fsp3) is 0.0476. The molecular weight excluding hydrogens is 461 g/mol. The van der Waals surface area contributed by atoms with Gasteiger partial charge in [-0.25, -0.2) is 0 Å². The maximum atomic E-state index is 12.7. The Morgan fingerprint density at radius 1 is 1.00 bits per heavy atom. The summed E-state index contributed by atoms with van der Waals surface area (Å²) in [6.07, 6.45) is -0.0114. The minimum absolute atomic E-state index is 0.0114. The van der Waals surface area contributed by atoms with Gasteiger partial charge in [-0.1, -0.05) is 41.4 Å². The molecule has 0 saturated carbocycles. The van der Waals surface area contributed by atoms with Gasteiger partial charge in [-0.05, 0) is 42.5 Å². The summed E-state index contributed by atoms with van der Waals surface area (Å²) < 4.78 is 30.6. The molecule has 0 bridgehead atoms. The topological polar surface area (TPSA) is 101 Å². The first-order valence-corrected chi connectivity index (χ1v) is 11.2. The molecule has 4 aromatic rings. The van der Waals surface area contributed by atoms with Gasteiger partial charge in [0.05, 0.1) is 27.7 Å². The second-order valence-corrected chi connectivity index (χ2v) is 8.95. The molecule has 0 aliphatic heterocycles. The number of amides is 1. The van der Waals surface area contributed by atoms with Crippen molar-refractivity contribution >= 4 is 55.8 Å². The number of rotatable bonds is 6. The van der Waals surface area contributed by atoms with Crippen LogP contribution >= 0.6 is 23.2 Å². The van der Waals surface area contributed by atoms with Crippen molar-refractivity contribution in [1.29, 1.82) is 0 Å². The van der Waals surface area contributed by atoms with Crippen LogP contribution in [-0.4, -0.2) is 24.5 Å². The standard InChI is InChI=1S/C21H15Cl2N3O4S/c22-17-8-6-14(10-18(17)23)30-31(28,29)15-7-9-19-16(11-15)20(26-25-19)12-21(27)24-13-4-2-1-3-5-13/h1-11H,12H2,(H,24,27)(H,25,26). The van der Waals surface area contributed by atoms with Gasteiger partial charge in [-0.15, -0.1) is 0 Å². The molecule has 1 aromatic heterocycles. The van der Waals surface area contributed by atoms with Crippen molar-refractivity contribution in [3.8, 4) is 5.75 Å². The third-order valence-electron chi connectivity index (χ3n) is 4.39. The van der Waals surface area contributed by atoms with Crippen molar-refractivity contribution < 1.29 is 17.4 Å². The molecule has 1 amide bonds. The summed E-state index contributed by atoms with van der Waals surface area (Å²) in [6.45, 7) is 0. The van der Waals surface area contributed by atoms with Crippen LogP contribution in [0.1, 0.15) is 5.69 Å². The van der Waals surface area contributed by atoms with Crippen molar-refractivity contribution in [3.05, 3.63) is 82.5 Å². The van der Waals surface area contributed by atoms with E-state index in [0.29, 0.717) is 22.3 Å². The zero-order valence-electron chi connectivity index (χ0n) is 15.8. The van der Waals surface area contributed by atoms with Crippen LogP contribution in [0.5, 0.6) is 5.75 Å². The first kappa shape index (κ1) is 21.2. The van der Waals surface area contributed by atoms with Gasteiger partial charge < -0.3 is 9.50 Å². The number of para-hydroxylation sites is 1. The van der Waals surface area contributed by atoms with Crippen LogP contribution in [0.2, 0.25) is 10.0 Å². The fourth-order valence-corrected chi connectivity index (χ4v) is 4.16. The maximum absolute atomic E-state index is 12.7. The number of aromatic amines is 1. The number of fused-ring (bicyclic) bond motifs is 1. The summed E-state index contributed by atoms with van der Waals surface area (Å²) in [7, 11) is -4.15. The van der Waals surface area contributed by atoms with E-state index in [9.17, 15) is 13.2 Å². The summed E-state index contributed by atoms with van der Waals surface area (Å²) >= 11 is 11.8. The number of benzene rings is 3. The van der Waals surface area contributed by atoms with Crippen LogP contribution < -0.4 is 9.50 Å². The average Bonchev–Trinajstić information content (AvgIpc) is 3.13. The number of hydrogen-bond donors (Lipinski definition) is 2. The highest BCUT2D eigenvalue weighted by molar-refractivity contribution is 7.87. The van der Waals surface area contributed by atoms with E-state index in [1.54, 1.807) is 12.1 Å². The van der Waals surface area contributed by atoms with Gasteiger partial charge in [0.25, 0.3) is 0 Å². The predicted molar refractivity (Wildman–Crippen MR) is 119 cm³/mol. The van der Waals surface area contributed by atoms with Crippen molar-refractivity contribution in [2.75, 3.05) is 5.32 Å². The largest absolute Gasteiger partial charge is 0.379 e. The fourth-order valence-electron chi connectivity index (χ4n) is 2.92. The lowest BCUT2D eigenvalue weighted by atomic mass is 10.1. The lowest BCUT2D eigenvalue weighted by Gasteiger charge is -2.08. The Morgan fingerprint density at radius 3 is 2.52 bits per heavy atom. The minimum atomic E-state index is -4.15. The van der Waals surface area contributed by atoms with E-state index in [1.807, 2.05) is 18.2 Å². The molecule has 1 heterocycles. The van der Waals surface area contributed by atoms with Gasteiger partial charge >= 0.3 is 10.1 Å². The minimum Gasteiger partial charge on any atom is -0.379 e. The number of halogens is 2. The highest BCUT2D eigenvalue weighted by atomic mass is 35.5. The number of H-pyrrole nitrogens is 1. The SMILES string of the molecule is O=C(Cc1[nH]nc2ccc(S(=O)(=O)Oc3ccc(Cl)c(Cl)c3)cc12)Nc1ccccc1. The molecule has 0 aliphatic rings. The number of aromatic nitrogens is 2. The van der Waals surface area contributed by atoms with E-state index in [2.05, 4.69) is 15.5 Å². The third-order valence-corrected chi connectivity index (χ3v) is 6.37. The quantitative estimate of drug-likeness (QED) is 0.389. The molecule has 0 unspecified atom stereocenters. The maximum Gasteiger partial charge on any atom is 0.339 e. The summed E-state index contributed by atoms with van der Waals surface area (Å²) in [5.74, 6) is -0.235. The summed E-state index contributed by atoms with van der Waals surface area (Å²) in [6, 6.07) is 17.5. The molecule has 4 rings (SSSR count). The molecule has 0 atom stereocenters. The molecule has 10 heteroatoms. The molecule has 3 aromatic carbocycles. The second-order valence-electron chi connectivity index (χ2n) is 6.59.